The Kier molecular flexibility index (Phi) is 6.35. The minimum atomic E-state index is -0.796. The van der Waals surface area contributed by atoms with Gasteiger partial charge in [-0.15, -0.1) is 0 Å². The normalized spacial score (nSPS) is 17.1. The van der Waals surface area contributed by atoms with Crippen molar-refractivity contribution in [2.45, 2.75) is 46.8 Å². The molecule has 1 saturated heterocycles. The number of aromatic nitrogens is 1. The van der Waals surface area contributed by atoms with Crippen LogP contribution in [0.3, 0.4) is 0 Å². The Hall–Kier alpha value is -4.32. The Morgan fingerprint density at radius 3 is 2.34 bits per heavy atom. The monoisotopic (exact) mass is 508 g/mol. The second-order valence-corrected chi connectivity index (χ2v) is 10.3. The average Bonchev–Trinajstić information content (AvgIpc) is 3.35. The van der Waals surface area contributed by atoms with E-state index in [1.165, 1.54) is 4.90 Å². The van der Waals surface area contributed by atoms with Gasteiger partial charge in [0.25, 0.3) is 11.7 Å². The molecule has 4 aromatic rings. The maximum absolute atomic E-state index is 13.6. The predicted octanol–water partition coefficient (Wildman–Crippen LogP) is 6.52. The van der Waals surface area contributed by atoms with Crippen molar-refractivity contribution < 1.29 is 19.4 Å². The number of ether oxygens (including phenoxy) is 1. The molecule has 0 aliphatic carbocycles. The van der Waals surface area contributed by atoms with Gasteiger partial charge in [-0.2, -0.15) is 0 Å². The smallest absolute Gasteiger partial charge is 0.300 e. The third-order valence-electron chi connectivity index (χ3n) is 7.25. The van der Waals surface area contributed by atoms with Gasteiger partial charge in [-0.3, -0.25) is 14.5 Å². The molecule has 1 amide bonds. The van der Waals surface area contributed by atoms with Gasteiger partial charge < -0.3 is 14.4 Å². The average molecular weight is 509 g/mol. The zero-order valence-corrected chi connectivity index (χ0v) is 22.6. The van der Waals surface area contributed by atoms with E-state index in [0.717, 1.165) is 33.2 Å². The topological polar surface area (TPSA) is 71.8 Å². The number of aliphatic hydroxyl groups is 1. The van der Waals surface area contributed by atoms with Crippen molar-refractivity contribution in [2.75, 3.05) is 4.90 Å². The van der Waals surface area contributed by atoms with Crippen LogP contribution in [0.15, 0.2) is 72.4 Å². The van der Waals surface area contributed by atoms with E-state index >= 15 is 0 Å². The van der Waals surface area contributed by atoms with Gasteiger partial charge in [0, 0.05) is 41.0 Å². The van der Waals surface area contributed by atoms with E-state index in [-0.39, 0.29) is 17.4 Å². The fourth-order valence-corrected chi connectivity index (χ4v) is 5.20. The van der Waals surface area contributed by atoms with Crippen LogP contribution in [0.4, 0.5) is 5.69 Å². The fourth-order valence-electron chi connectivity index (χ4n) is 5.20. The van der Waals surface area contributed by atoms with Crippen molar-refractivity contribution in [3.63, 3.8) is 0 Å². The van der Waals surface area contributed by atoms with Crippen LogP contribution in [-0.4, -0.2) is 27.5 Å². The fraction of sp³-hybridized carbons (Fsp3) is 0.250. The van der Waals surface area contributed by atoms with Crippen LogP contribution in [0.1, 0.15) is 47.7 Å². The molecule has 0 spiro atoms. The number of ketones is 1. The zero-order chi connectivity index (χ0) is 27.3. The van der Waals surface area contributed by atoms with Gasteiger partial charge in [0.2, 0.25) is 0 Å². The van der Waals surface area contributed by atoms with Crippen molar-refractivity contribution in [3.8, 4) is 5.75 Å². The van der Waals surface area contributed by atoms with Gasteiger partial charge in [-0.25, -0.2) is 0 Å². The summed E-state index contributed by atoms with van der Waals surface area (Å²) in [5, 5.41) is 12.5. The number of carbonyl (C=O) groups excluding carboxylic acids is 2. The number of nitrogens with zero attached hydrogens (tertiary/aromatic N) is 2. The lowest BCUT2D eigenvalue weighted by Crippen LogP contribution is -2.29. The van der Waals surface area contributed by atoms with Gasteiger partial charge in [0.05, 0.1) is 17.7 Å². The molecule has 6 heteroatoms. The molecule has 1 atom stereocenters. The van der Waals surface area contributed by atoms with E-state index in [9.17, 15) is 14.7 Å². The van der Waals surface area contributed by atoms with E-state index in [1.807, 2.05) is 94.9 Å². The van der Waals surface area contributed by atoms with Gasteiger partial charge in [-0.05, 0) is 87.7 Å². The first-order valence-electron chi connectivity index (χ1n) is 12.8. The highest BCUT2D eigenvalue weighted by molar-refractivity contribution is 6.52. The second-order valence-electron chi connectivity index (χ2n) is 10.3. The molecular formula is C32H32N2O4. The van der Waals surface area contributed by atoms with Crippen LogP contribution < -0.4 is 9.64 Å². The van der Waals surface area contributed by atoms with Crippen molar-refractivity contribution in [1.82, 2.24) is 4.57 Å². The Bertz CT molecular complexity index is 1630. The summed E-state index contributed by atoms with van der Waals surface area (Å²) in [5.74, 6) is -0.868. The summed E-state index contributed by atoms with van der Waals surface area (Å²) in [6.07, 6.45) is 1.94. The van der Waals surface area contributed by atoms with E-state index < -0.39 is 17.7 Å². The van der Waals surface area contributed by atoms with E-state index in [1.54, 1.807) is 18.2 Å². The Labute approximate surface area is 222 Å². The minimum absolute atomic E-state index is 0.00259. The summed E-state index contributed by atoms with van der Waals surface area (Å²) in [6, 6.07) is 18.1. The lowest BCUT2D eigenvalue weighted by molar-refractivity contribution is -0.132. The minimum Gasteiger partial charge on any atom is -0.507 e. The maximum atomic E-state index is 13.6. The van der Waals surface area contributed by atoms with Crippen LogP contribution in [0.2, 0.25) is 0 Å². The number of aliphatic hydroxyl groups excluding tert-OH is 1. The first-order chi connectivity index (χ1) is 18.1. The SMILES string of the molecule is Cc1ccc(N2C(=O)C(=O)/C(=C(/O)c3ccc(OC(C)C)c(C)c3)C2c2cn(C)c3ccccc23)cc1C. The molecule has 1 N–H and O–H groups in total. The van der Waals surface area contributed by atoms with Crippen LogP contribution >= 0.6 is 0 Å². The van der Waals surface area contributed by atoms with E-state index in [2.05, 4.69) is 0 Å². The standard InChI is InChI=1S/C32H32N2O4/c1-18(2)38-27-14-12-22(15-21(27)5)30(35)28-29(25-17-33(6)26-10-8-7-9-24(25)26)34(32(37)31(28)36)23-13-11-19(3)20(4)16-23/h7-18,29,35H,1-6H3/b30-28+. The van der Waals surface area contributed by atoms with Gasteiger partial charge in [0.15, 0.2) is 0 Å². The molecule has 6 nitrogen and oxygen atoms in total. The first kappa shape index (κ1) is 25.3. The summed E-state index contributed by atoms with van der Waals surface area (Å²) in [4.78, 5) is 28.8. The highest BCUT2D eigenvalue weighted by atomic mass is 16.5. The number of fused-ring (bicyclic) bond motifs is 1. The Morgan fingerprint density at radius 2 is 1.66 bits per heavy atom. The largest absolute Gasteiger partial charge is 0.507 e. The third-order valence-corrected chi connectivity index (χ3v) is 7.25. The van der Waals surface area contributed by atoms with Crippen molar-refractivity contribution >= 4 is 34.0 Å². The number of hydrogen-bond donors (Lipinski definition) is 1. The highest BCUT2D eigenvalue weighted by Gasteiger charge is 2.48. The summed E-state index contributed by atoms with van der Waals surface area (Å²) in [7, 11) is 1.94. The molecule has 0 radical (unpaired) electrons. The molecule has 1 aliphatic rings. The molecular weight excluding hydrogens is 476 g/mol. The Morgan fingerprint density at radius 1 is 0.921 bits per heavy atom. The van der Waals surface area contributed by atoms with Crippen molar-refractivity contribution in [3.05, 3.63) is 100 Å². The molecule has 3 aromatic carbocycles. The van der Waals surface area contributed by atoms with E-state index in [0.29, 0.717) is 17.0 Å². The number of amides is 1. The molecule has 2 heterocycles. The van der Waals surface area contributed by atoms with Crippen LogP contribution in [-0.2, 0) is 16.6 Å². The number of aryl methyl sites for hydroxylation is 4. The quantitative estimate of drug-likeness (QED) is 0.189. The van der Waals surface area contributed by atoms with Gasteiger partial charge >= 0.3 is 0 Å². The van der Waals surface area contributed by atoms with Gasteiger partial charge in [0.1, 0.15) is 11.5 Å². The van der Waals surface area contributed by atoms with Crippen LogP contribution in [0.5, 0.6) is 5.75 Å². The van der Waals surface area contributed by atoms with Crippen LogP contribution in [0, 0.1) is 20.8 Å². The van der Waals surface area contributed by atoms with Crippen molar-refractivity contribution in [2.24, 2.45) is 7.05 Å². The molecule has 0 saturated carbocycles. The number of rotatable bonds is 5. The number of Topliss-reactive ketones (excluding diaryl/α,β-unsaturated/α-hetero) is 1. The number of hydrogen-bond acceptors (Lipinski definition) is 4. The zero-order valence-electron chi connectivity index (χ0n) is 22.6. The molecule has 1 fully saturated rings. The number of carbonyl (C=O) groups is 2. The maximum Gasteiger partial charge on any atom is 0.300 e. The summed E-state index contributed by atoms with van der Waals surface area (Å²) < 4.78 is 7.83. The van der Waals surface area contributed by atoms with Crippen LogP contribution in [0.25, 0.3) is 16.7 Å². The molecule has 1 aliphatic heterocycles. The highest BCUT2D eigenvalue weighted by Crippen LogP contribution is 2.45. The lowest BCUT2D eigenvalue weighted by atomic mass is 9.94. The molecule has 38 heavy (non-hydrogen) atoms. The predicted molar refractivity (Wildman–Crippen MR) is 151 cm³/mol. The molecule has 1 unspecified atom stereocenters. The molecule has 1 aromatic heterocycles. The number of anilines is 1. The van der Waals surface area contributed by atoms with Gasteiger partial charge in [-0.1, -0.05) is 24.3 Å². The lowest BCUT2D eigenvalue weighted by Gasteiger charge is -2.25. The number of para-hydroxylation sites is 1. The third kappa shape index (κ3) is 4.16. The molecule has 5 rings (SSSR count). The van der Waals surface area contributed by atoms with Crippen molar-refractivity contribution in [1.29, 1.82) is 0 Å². The summed E-state index contributed by atoms with van der Waals surface area (Å²) in [6.45, 7) is 9.78. The summed E-state index contributed by atoms with van der Waals surface area (Å²) in [5.41, 5.74) is 5.82. The summed E-state index contributed by atoms with van der Waals surface area (Å²) >= 11 is 0. The van der Waals surface area contributed by atoms with E-state index in [4.69, 9.17) is 4.74 Å². The molecule has 194 valence electrons. The molecule has 0 bridgehead atoms. The second kappa shape index (κ2) is 9.53. The Balaban J connectivity index is 1.75. The first-order valence-corrected chi connectivity index (χ1v) is 12.8. The number of benzene rings is 3.